The van der Waals surface area contributed by atoms with Gasteiger partial charge in [0.2, 0.25) is 5.91 Å². The van der Waals surface area contributed by atoms with E-state index in [0.29, 0.717) is 18.9 Å². The van der Waals surface area contributed by atoms with Crippen LogP contribution in [0.25, 0.3) is 0 Å². The Hall–Kier alpha value is -0.650. The summed E-state index contributed by atoms with van der Waals surface area (Å²) in [6, 6.07) is 0. The van der Waals surface area contributed by atoms with E-state index in [2.05, 4.69) is 5.32 Å². The average molecular weight is 258 g/mol. The molecule has 0 aromatic rings. The summed E-state index contributed by atoms with van der Waals surface area (Å²) in [5.41, 5.74) is 4.75. The van der Waals surface area contributed by atoms with Crippen LogP contribution in [0.2, 0.25) is 0 Å². The van der Waals surface area contributed by atoms with Crippen LogP contribution in [0, 0.1) is 11.8 Å². The summed E-state index contributed by atoms with van der Waals surface area (Å²) in [5, 5.41) is 21.4. The molecular weight excluding hydrogens is 232 g/mol. The summed E-state index contributed by atoms with van der Waals surface area (Å²) in [5.74, 6) is 0.493. The lowest BCUT2D eigenvalue weighted by Gasteiger charge is -2.33. The number of rotatable bonds is 6. The van der Waals surface area contributed by atoms with Crippen LogP contribution in [0.15, 0.2) is 0 Å². The van der Waals surface area contributed by atoms with Gasteiger partial charge in [0.1, 0.15) is 0 Å². The van der Waals surface area contributed by atoms with Crippen molar-refractivity contribution >= 4 is 5.91 Å². The van der Waals surface area contributed by atoms with Gasteiger partial charge in [0.15, 0.2) is 0 Å². The van der Waals surface area contributed by atoms with E-state index in [-0.39, 0.29) is 25.0 Å². The Bertz CT molecular complexity index is 251. The van der Waals surface area contributed by atoms with Gasteiger partial charge in [-0.2, -0.15) is 0 Å². The molecule has 0 unspecified atom stereocenters. The zero-order valence-electron chi connectivity index (χ0n) is 11.2. The Morgan fingerprint density at radius 2 is 1.83 bits per heavy atom. The second-order valence-corrected chi connectivity index (χ2v) is 5.39. The summed E-state index contributed by atoms with van der Waals surface area (Å²) >= 11 is 0. The van der Waals surface area contributed by atoms with Crippen LogP contribution in [0.5, 0.6) is 0 Å². The molecule has 18 heavy (non-hydrogen) atoms. The summed E-state index contributed by atoms with van der Waals surface area (Å²) in [6.45, 7) is 2.08. The molecule has 5 N–H and O–H groups in total. The van der Waals surface area contributed by atoms with Crippen molar-refractivity contribution in [1.82, 2.24) is 5.32 Å². The molecule has 1 aliphatic carbocycles. The monoisotopic (exact) mass is 258 g/mol. The summed E-state index contributed by atoms with van der Waals surface area (Å²) in [6.07, 6.45) is 4.20. The predicted molar refractivity (Wildman–Crippen MR) is 69.8 cm³/mol. The van der Waals surface area contributed by atoms with Gasteiger partial charge in [-0.1, -0.05) is 6.92 Å². The Kier molecular flexibility index (Phi) is 6.05. The third-order valence-corrected chi connectivity index (χ3v) is 4.22. The quantitative estimate of drug-likeness (QED) is 0.539. The highest BCUT2D eigenvalue weighted by Gasteiger charge is 2.33. The third kappa shape index (κ3) is 3.67. The summed E-state index contributed by atoms with van der Waals surface area (Å²) in [4.78, 5) is 12.1. The molecule has 0 aliphatic heterocycles. The van der Waals surface area contributed by atoms with E-state index in [1.54, 1.807) is 0 Å². The fourth-order valence-electron chi connectivity index (χ4n) is 2.46. The van der Waals surface area contributed by atoms with Gasteiger partial charge in [-0.05, 0) is 44.6 Å². The van der Waals surface area contributed by atoms with Gasteiger partial charge in [-0.15, -0.1) is 0 Å². The number of nitrogens with one attached hydrogen (secondary N) is 1. The van der Waals surface area contributed by atoms with Crippen LogP contribution in [-0.2, 0) is 4.79 Å². The van der Waals surface area contributed by atoms with Gasteiger partial charge >= 0.3 is 0 Å². The normalized spacial score (nSPS) is 24.9. The van der Waals surface area contributed by atoms with Crippen LogP contribution < -0.4 is 11.1 Å². The minimum absolute atomic E-state index is 0.00294. The van der Waals surface area contributed by atoms with Crippen LogP contribution in [-0.4, -0.2) is 41.4 Å². The number of carbonyl (C=O) groups is 1. The molecule has 106 valence electrons. The average Bonchev–Trinajstić information content (AvgIpc) is 2.45. The second kappa shape index (κ2) is 7.07. The van der Waals surface area contributed by atoms with Crippen LogP contribution >= 0.6 is 0 Å². The van der Waals surface area contributed by atoms with Gasteiger partial charge in [0.05, 0.1) is 18.8 Å². The first-order chi connectivity index (χ1) is 8.60. The summed E-state index contributed by atoms with van der Waals surface area (Å²) < 4.78 is 0. The van der Waals surface area contributed by atoms with E-state index in [1.165, 1.54) is 0 Å². The highest BCUT2D eigenvalue weighted by atomic mass is 16.3. The molecule has 5 nitrogen and oxygen atoms in total. The molecule has 0 heterocycles. The highest BCUT2D eigenvalue weighted by molar-refractivity contribution is 5.79. The molecule has 5 heteroatoms. The van der Waals surface area contributed by atoms with Gasteiger partial charge < -0.3 is 21.3 Å². The number of nitrogens with two attached hydrogens (primary N) is 1. The maximum Gasteiger partial charge on any atom is 0.223 e. The molecule has 0 radical (unpaired) electrons. The van der Waals surface area contributed by atoms with Crippen molar-refractivity contribution in [1.29, 1.82) is 0 Å². The highest BCUT2D eigenvalue weighted by Crippen LogP contribution is 2.28. The number of hydrogen-bond acceptors (Lipinski definition) is 4. The predicted octanol–water partition coefficient (Wildman–Crippen LogP) is 0.00110. The first kappa shape index (κ1) is 15.4. The van der Waals surface area contributed by atoms with Crippen molar-refractivity contribution in [2.24, 2.45) is 17.6 Å². The van der Waals surface area contributed by atoms with E-state index < -0.39 is 5.54 Å². The fourth-order valence-corrected chi connectivity index (χ4v) is 2.46. The van der Waals surface area contributed by atoms with Crippen molar-refractivity contribution in [3.05, 3.63) is 0 Å². The molecular formula is C13H26N2O3. The zero-order chi connectivity index (χ0) is 13.6. The van der Waals surface area contributed by atoms with Gasteiger partial charge in [0, 0.05) is 5.92 Å². The smallest absolute Gasteiger partial charge is 0.223 e. The van der Waals surface area contributed by atoms with Crippen molar-refractivity contribution < 1.29 is 15.0 Å². The lowest BCUT2D eigenvalue weighted by molar-refractivity contribution is -0.129. The number of hydrogen-bond donors (Lipinski definition) is 4. The molecule has 1 aliphatic rings. The fraction of sp³-hybridized carbons (Fsp3) is 0.923. The molecule has 0 bridgehead atoms. The Balaban J connectivity index is 2.50. The maximum atomic E-state index is 12.1. The van der Waals surface area contributed by atoms with Crippen molar-refractivity contribution in [3.63, 3.8) is 0 Å². The lowest BCUT2D eigenvalue weighted by atomic mass is 9.81. The van der Waals surface area contributed by atoms with Gasteiger partial charge in [-0.25, -0.2) is 0 Å². The Morgan fingerprint density at radius 1 is 1.28 bits per heavy atom. The van der Waals surface area contributed by atoms with Crippen molar-refractivity contribution in [2.45, 2.75) is 44.6 Å². The lowest BCUT2D eigenvalue weighted by Crippen LogP contribution is -2.55. The van der Waals surface area contributed by atoms with Crippen LogP contribution in [0.3, 0.4) is 0 Å². The minimum atomic E-state index is -0.873. The third-order valence-electron chi connectivity index (χ3n) is 4.22. The zero-order valence-corrected chi connectivity index (χ0v) is 11.2. The van der Waals surface area contributed by atoms with Crippen LogP contribution in [0.1, 0.15) is 39.0 Å². The largest absolute Gasteiger partial charge is 0.394 e. The standard InChI is InChI=1S/C13H26N2O3/c1-2-13(8-16,9-17)15-12(18)11-5-3-10(7-14)4-6-11/h10-11,16-17H,2-9,14H2,1H3,(H,15,18). The molecule has 1 rings (SSSR count). The van der Waals surface area contributed by atoms with Gasteiger partial charge in [-0.3, -0.25) is 4.79 Å². The molecule has 0 spiro atoms. The number of aliphatic hydroxyl groups is 2. The Morgan fingerprint density at radius 3 is 2.22 bits per heavy atom. The Labute approximate surface area is 109 Å². The molecule has 1 saturated carbocycles. The van der Waals surface area contributed by atoms with Gasteiger partial charge in [0.25, 0.3) is 0 Å². The molecule has 0 aromatic heterocycles. The van der Waals surface area contributed by atoms with E-state index >= 15 is 0 Å². The molecule has 0 aromatic carbocycles. The molecule has 1 fully saturated rings. The summed E-state index contributed by atoms with van der Waals surface area (Å²) in [7, 11) is 0. The maximum absolute atomic E-state index is 12.1. The first-order valence-corrected chi connectivity index (χ1v) is 6.84. The van der Waals surface area contributed by atoms with E-state index in [0.717, 1.165) is 25.7 Å². The molecule has 1 amide bonds. The SMILES string of the molecule is CCC(CO)(CO)NC(=O)C1CCC(CN)CC1. The number of aliphatic hydroxyl groups excluding tert-OH is 2. The van der Waals surface area contributed by atoms with Crippen molar-refractivity contribution in [3.8, 4) is 0 Å². The first-order valence-electron chi connectivity index (χ1n) is 6.84. The molecule has 0 saturated heterocycles. The topological polar surface area (TPSA) is 95.6 Å². The number of carbonyl (C=O) groups excluding carboxylic acids is 1. The second-order valence-electron chi connectivity index (χ2n) is 5.39. The van der Waals surface area contributed by atoms with E-state index in [9.17, 15) is 15.0 Å². The van der Waals surface area contributed by atoms with E-state index in [1.807, 2.05) is 6.92 Å². The van der Waals surface area contributed by atoms with E-state index in [4.69, 9.17) is 5.73 Å². The number of amides is 1. The van der Waals surface area contributed by atoms with Crippen LogP contribution in [0.4, 0.5) is 0 Å². The molecule has 0 atom stereocenters. The van der Waals surface area contributed by atoms with Crippen molar-refractivity contribution in [2.75, 3.05) is 19.8 Å². The minimum Gasteiger partial charge on any atom is -0.394 e.